The smallest absolute Gasteiger partial charge is 0.423 e. The summed E-state index contributed by atoms with van der Waals surface area (Å²) in [6.45, 7) is 0. The zero-order valence-corrected chi connectivity index (χ0v) is 14.2. The van der Waals surface area contributed by atoms with E-state index >= 15 is 0 Å². The summed E-state index contributed by atoms with van der Waals surface area (Å²) in [5, 5.41) is 22.2. The third-order valence-electron chi connectivity index (χ3n) is 4.09. The van der Waals surface area contributed by atoms with Crippen LogP contribution < -0.4 is 9.68 Å². The first-order chi connectivity index (χ1) is 12.2. The van der Waals surface area contributed by atoms with E-state index in [1.54, 1.807) is 6.07 Å². The average Bonchev–Trinajstić information content (AvgIpc) is 3.13. The largest absolute Gasteiger partial charge is 0.499 e. The highest BCUT2D eigenvalue weighted by atomic mass is 32.1. The van der Waals surface area contributed by atoms with Crippen molar-refractivity contribution in [1.29, 1.82) is 0 Å². The highest BCUT2D eigenvalue weighted by Crippen LogP contribution is 2.37. The Morgan fingerprint density at radius 1 is 0.680 bits per heavy atom. The number of rotatable bonds is 4. The fourth-order valence-corrected chi connectivity index (χ4v) is 3.82. The van der Waals surface area contributed by atoms with Crippen LogP contribution in [0.5, 0.6) is 0 Å². The lowest BCUT2D eigenvalue weighted by atomic mass is 9.90. The summed E-state index contributed by atoms with van der Waals surface area (Å²) in [4.78, 5) is 2.13. The molecule has 0 aliphatic carbocycles. The Morgan fingerprint density at radius 3 is 2.12 bits per heavy atom. The van der Waals surface area contributed by atoms with Gasteiger partial charge < -0.3 is 14.9 Å². The fraction of sp³-hybridized carbons (Fsp3) is 0. The number of benzene rings is 3. The highest BCUT2D eigenvalue weighted by molar-refractivity contribution is 7.25. The molecule has 0 saturated heterocycles. The van der Waals surface area contributed by atoms with Crippen LogP contribution in [0.1, 0.15) is 0 Å². The molecule has 0 unspecified atom stereocenters. The van der Waals surface area contributed by atoms with Crippen LogP contribution in [-0.2, 0) is 0 Å². The molecule has 0 aliphatic heterocycles. The Labute approximate surface area is 150 Å². The van der Waals surface area contributed by atoms with Crippen molar-refractivity contribution in [1.82, 2.24) is 0 Å². The molecule has 0 bridgehead atoms. The number of hydrogen-bond acceptors (Lipinski definition) is 4. The quantitative estimate of drug-likeness (QED) is 0.549. The predicted octanol–water partition coefficient (Wildman–Crippen LogP) is 4.05. The molecule has 0 atom stereocenters. The Hall–Kier alpha value is -2.60. The Balaban J connectivity index is 1.86. The van der Waals surface area contributed by atoms with Gasteiger partial charge in [-0.3, -0.25) is 0 Å². The van der Waals surface area contributed by atoms with Gasteiger partial charge in [-0.2, -0.15) is 0 Å². The fourth-order valence-electron chi connectivity index (χ4n) is 2.90. The van der Waals surface area contributed by atoms with Gasteiger partial charge in [-0.1, -0.05) is 48.5 Å². The second-order valence-electron chi connectivity index (χ2n) is 5.75. The van der Waals surface area contributed by atoms with Crippen LogP contribution in [0, 0.1) is 0 Å². The van der Waals surface area contributed by atoms with E-state index in [1.165, 1.54) is 22.1 Å². The zero-order chi connectivity index (χ0) is 17.2. The maximum absolute atomic E-state index is 9.45. The van der Waals surface area contributed by atoms with Crippen LogP contribution >= 0.6 is 11.3 Å². The number of thiophene rings is 1. The summed E-state index contributed by atoms with van der Waals surface area (Å²) >= 11 is 1.37. The molecule has 3 nitrogen and oxygen atoms in total. The van der Waals surface area contributed by atoms with E-state index in [9.17, 15) is 10.0 Å². The van der Waals surface area contributed by atoms with Gasteiger partial charge in [0.2, 0.25) is 0 Å². The average molecular weight is 345 g/mol. The molecular formula is C20H16BNO2S. The second-order valence-corrected chi connectivity index (χ2v) is 6.85. The molecule has 1 aromatic heterocycles. The number of nitrogens with zero attached hydrogens (tertiary/aromatic N) is 1. The first-order valence-electron chi connectivity index (χ1n) is 8.02. The number of hydrogen-bond donors (Lipinski definition) is 2. The molecule has 0 spiro atoms. The molecule has 1 heterocycles. The maximum atomic E-state index is 9.45. The molecule has 5 heteroatoms. The third-order valence-corrected chi connectivity index (χ3v) is 5.20. The van der Waals surface area contributed by atoms with Gasteiger partial charge in [-0.05, 0) is 47.2 Å². The number of anilines is 3. The molecule has 0 amide bonds. The normalized spacial score (nSPS) is 10.8. The van der Waals surface area contributed by atoms with Gasteiger partial charge in [0.25, 0.3) is 0 Å². The van der Waals surface area contributed by atoms with Crippen molar-refractivity contribution in [3.63, 3.8) is 0 Å². The minimum Gasteiger partial charge on any atom is -0.423 e. The molecular weight excluding hydrogens is 329 g/mol. The van der Waals surface area contributed by atoms with E-state index < -0.39 is 7.12 Å². The minimum atomic E-state index is -1.45. The van der Waals surface area contributed by atoms with E-state index in [2.05, 4.69) is 35.2 Å². The topological polar surface area (TPSA) is 43.7 Å². The molecule has 25 heavy (non-hydrogen) atoms. The SMILES string of the molecule is OB(O)c1ccc(N(c2ccccc2)c2ccc3ccccc3c2)s1. The third kappa shape index (κ3) is 3.17. The number of para-hydroxylation sites is 1. The number of fused-ring (bicyclic) bond motifs is 1. The van der Waals surface area contributed by atoms with Crippen molar-refractivity contribution in [2.24, 2.45) is 0 Å². The zero-order valence-electron chi connectivity index (χ0n) is 13.4. The molecule has 0 fully saturated rings. The van der Waals surface area contributed by atoms with Crippen LogP contribution in [0.15, 0.2) is 84.9 Å². The Morgan fingerprint density at radius 2 is 1.40 bits per heavy atom. The summed E-state index contributed by atoms with van der Waals surface area (Å²) in [5.74, 6) is 0. The highest BCUT2D eigenvalue weighted by Gasteiger charge is 2.19. The first kappa shape index (κ1) is 15.9. The van der Waals surface area contributed by atoms with Gasteiger partial charge in [0, 0.05) is 16.2 Å². The monoisotopic (exact) mass is 345 g/mol. The van der Waals surface area contributed by atoms with E-state index in [0.29, 0.717) is 4.78 Å². The summed E-state index contributed by atoms with van der Waals surface area (Å²) < 4.78 is 0.525. The maximum Gasteiger partial charge on any atom is 0.499 e. The van der Waals surface area contributed by atoms with Crippen molar-refractivity contribution < 1.29 is 10.0 Å². The first-order valence-corrected chi connectivity index (χ1v) is 8.84. The van der Waals surface area contributed by atoms with Gasteiger partial charge in [-0.25, -0.2) is 0 Å². The van der Waals surface area contributed by atoms with Gasteiger partial charge in [0.05, 0.1) is 5.00 Å². The van der Waals surface area contributed by atoms with Crippen molar-refractivity contribution in [2.75, 3.05) is 4.90 Å². The Kier molecular flexibility index (Phi) is 4.28. The van der Waals surface area contributed by atoms with E-state index in [0.717, 1.165) is 16.4 Å². The van der Waals surface area contributed by atoms with Crippen LogP contribution in [0.4, 0.5) is 16.4 Å². The van der Waals surface area contributed by atoms with Crippen molar-refractivity contribution >= 4 is 50.4 Å². The van der Waals surface area contributed by atoms with Crippen molar-refractivity contribution in [3.05, 3.63) is 84.9 Å². The van der Waals surface area contributed by atoms with Crippen LogP contribution in [0.2, 0.25) is 0 Å². The lowest BCUT2D eigenvalue weighted by Gasteiger charge is -2.24. The second kappa shape index (κ2) is 6.72. The molecule has 0 saturated carbocycles. The summed E-state index contributed by atoms with van der Waals surface area (Å²) in [6.07, 6.45) is 0. The van der Waals surface area contributed by atoms with Gasteiger partial charge in [-0.15, -0.1) is 11.3 Å². The molecule has 4 rings (SSSR count). The van der Waals surface area contributed by atoms with E-state index in [4.69, 9.17) is 0 Å². The molecule has 122 valence electrons. The van der Waals surface area contributed by atoms with Gasteiger partial charge in [0.15, 0.2) is 0 Å². The summed E-state index contributed by atoms with van der Waals surface area (Å²) in [6, 6.07) is 28.3. The van der Waals surface area contributed by atoms with Gasteiger partial charge in [0.1, 0.15) is 0 Å². The molecule has 0 radical (unpaired) electrons. The Bertz CT molecular complexity index is 1000. The van der Waals surface area contributed by atoms with Crippen molar-refractivity contribution in [2.45, 2.75) is 0 Å². The molecule has 3 aromatic carbocycles. The molecule has 0 aliphatic rings. The van der Waals surface area contributed by atoms with E-state index in [1.807, 2.05) is 48.5 Å². The van der Waals surface area contributed by atoms with Crippen LogP contribution in [0.3, 0.4) is 0 Å². The van der Waals surface area contributed by atoms with E-state index in [-0.39, 0.29) is 0 Å². The summed E-state index contributed by atoms with van der Waals surface area (Å²) in [7, 11) is -1.45. The standard InChI is InChI=1S/C20H16BNO2S/c23-21(24)19-12-13-20(25-19)22(17-8-2-1-3-9-17)18-11-10-15-6-4-5-7-16(15)14-18/h1-14,23-24H. The summed E-state index contributed by atoms with van der Waals surface area (Å²) in [5.41, 5.74) is 2.06. The van der Waals surface area contributed by atoms with Gasteiger partial charge >= 0.3 is 7.12 Å². The molecule has 2 N–H and O–H groups in total. The van der Waals surface area contributed by atoms with Crippen LogP contribution in [-0.4, -0.2) is 17.2 Å². The minimum absolute atomic E-state index is 0.525. The van der Waals surface area contributed by atoms with Crippen molar-refractivity contribution in [3.8, 4) is 0 Å². The molecule has 4 aromatic rings. The van der Waals surface area contributed by atoms with Crippen LogP contribution in [0.25, 0.3) is 10.8 Å². The lowest BCUT2D eigenvalue weighted by Crippen LogP contribution is -2.26. The lowest BCUT2D eigenvalue weighted by molar-refractivity contribution is 0.427. The predicted molar refractivity (Wildman–Crippen MR) is 106 cm³/mol.